The molecule has 20 heavy (non-hydrogen) atoms. The number of hydrogen-bond donors (Lipinski definition) is 2. The smallest absolute Gasteiger partial charge is 0.191 e. The molecule has 1 rings (SSSR count). The molecule has 0 aromatic rings. The Balaban J connectivity index is 2.57. The van der Waals surface area contributed by atoms with Gasteiger partial charge in [0.2, 0.25) is 0 Å². The van der Waals surface area contributed by atoms with Gasteiger partial charge in [-0.15, -0.1) is 0 Å². The van der Waals surface area contributed by atoms with Crippen molar-refractivity contribution in [3.63, 3.8) is 0 Å². The van der Waals surface area contributed by atoms with Gasteiger partial charge in [-0.3, -0.25) is 4.99 Å². The fraction of sp³-hybridized carbons (Fsp3) is 0.938. The van der Waals surface area contributed by atoms with Crippen molar-refractivity contribution < 1.29 is 4.74 Å². The van der Waals surface area contributed by atoms with Crippen molar-refractivity contribution in [3.05, 3.63) is 0 Å². The quantitative estimate of drug-likeness (QED) is 0.532. The van der Waals surface area contributed by atoms with Gasteiger partial charge in [-0.05, 0) is 37.5 Å². The molecule has 2 N–H and O–H groups in total. The Hall–Kier alpha value is -0.770. The molecule has 0 heterocycles. The van der Waals surface area contributed by atoms with E-state index in [9.17, 15) is 0 Å². The van der Waals surface area contributed by atoms with Gasteiger partial charge in [0.15, 0.2) is 5.96 Å². The van der Waals surface area contributed by atoms with Crippen LogP contribution in [0, 0.1) is 11.3 Å². The molecule has 4 heteroatoms. The van der Waals surface area contributed by atoms with Crippen LogP contribution in [-0.2, 0) is 4.74 Å². The highest BCUT2D eigenvalue weighted by Crippen LogP contribution is 2.41. The molecule has 0 aliphatic heterocycles. The van der Waals surface area contributed by atoms with Gasteiger partial charge in [0, 0.05) is 33.4 Å². The lowest BCUT2D eigenvalue weighted by molar-refractivity contribution is 0.141. The molecule has 0 spiro atoms. The molecule has 0 bridgehead atoms. The molecule has 0 atom stereocenters. The first-order valence-electron chi connectivity index (χ1n) is 8.13. The summed E-state index contributed by atoms with van der Waals surface area (Å²) in [7, 11) is 1.79. The molecule has 118 valence electrons. The van der Waals surface area contributed by atoms with Crippen molar-refractivity contribution in [1.82, 2.24) is 10.6 Å². The molecule has 0 saturated heterocycles. The second kappa shape index (κ2) is 9.22. The number of rotatable bonds is 8. The molecule has 0 aromatic carbocycles. The number of aliphatic imine (C=N–C) groups is 1. The molecule has 1 aliphatic rings. The Bertz CT molecular complexity index is 283. The van der Waals surface area contributed by atoms with Gasteiger partial charge in [0.1, 0.15) is 0 Å². The van der Waals surface area contributed by atoms with E-state index in [1.54, 1.807) is 7.11 Å². The van der Waals surface area contributed by atoms with Crippen molar-refractivity contribution in [3.8, 4) is 0 Å². The Morgan fingerprint density at radius 3 is 2.50 bits per heavy atom. The Morgan fingerprint density at radius 1 is 1.25 bits per heavy atom. The lowest BCUT2D eigenvalue weighted by Crippen LogP contribution is -2.40. The third kappa shape index (κ3) is 6.12. The van der Waals surface area contributed by atoms with Crippen LogP contribution in [0.5, 0.6) is 0 Å². The summed E-state index contributed by atoms with van der Waals surface area (Å²) in [6.07, 6.45) is 6.41. The second-order valence-electron chi connectivity index (χ2n) is 6.42. The van der Waals surface area contributed by atoms with Crippen molar-refractivity contribution in [2.75, 3.05) is 33.4 Å². The normalized spacial score (nSPS) is 18.6. The minimum absolute atomic E-state index is 0.371. The molecule has 0 amide bonds. The number of ether oxygens (including phenoxy) is 1. The van der Waals surface area contributed by atoms with Crippen LogP contribution in [0.3, 0.4) is 0 Å². The predicted molar refractivity (Wildman–Crippen MR) is 86.2 cm³/mol. The zero-order chi connectivity index (χ0) is 14.8. The highest BCUT2D eigenvalue weighted by Gasteiger charge is 2.33. The van der Waals surface area contributed by atoms with Crippen molar-refractivity contribution in [1.29, 1.82) is 0 Å². The lowest BCUT2D eigenvalue weighted by atomic mass is 9.83. The minimum Gasteiger partial charge on any atom is -0.385 e. The third-order valence-electron chi connectivity index (χ3n) is 4.10. The SMILES string of the molecule is CCNC(=NCC1(CCOC)CCCC1)NCC(C)C. The first kappa shape index (κ1) is 17.3. The van der Waals surface area contributed by atoms with Gasteiger partial charge in [-0.1, -0.05) is 26.7 Å². The molecule has 1 fully saturated rings. The summed E-state index contributed by atoms with van der Waals surface area (Å²) in [5.41, 5.74) is 0.371. The molecule has 0 aromatic heterocycles. The number of hydrogen-bond acceptors (Lipinski definition) is 2. The highest BCUT2D eigenvalue weighted by molar-refractivity contribution is 5.79. The van der Waals surface area contributed by atoms with E-state index in [4.69, 9.17) is 9.73 Å². The second-order valence-corrected chi connectivity index (χ2v) is 6.42. The van der Waals surface area contributed by atoms with E-state index in [2.05, 4.69) is 31.4 Å². The molecule has 4 nitrogen and oxygen atoms in total. The summed E-state index contributed by atoms with van der Waals surface area (Å²) >= 11 is 0. The van der Waals surface area contributed by atoms with E-state index < -0.39 is 0 Å². The maximum absolute atomic E-state index is 5.28. The zero-order valence-electron chi connectivity index (χ0n) is 13.8. The highest BCUT2D eigenvalue weighted by atomic mass is 16.5. The van der Waals surface area contributed by atoms with E-state index in [1.807, 2.05) is 0 Å². The topological polar surface area (TPSA) is 45.7 Å². The van der Waals surface area contributed by atoms with Crippen molar-refractivity contribution in [2.24, 2.45) is 16.3 Å². The lowest BCUT2D eigenvalue weighted by Gasteiger charge is -2.27. The largest absolute Gasteiger partial charge is 0.385 e. The first-order chi connectivity index (χ1) is 9.62. The summed E-state index contributed by atoms with van der Waals surface area (Å²) in [4.78, 5) is 4.83. The summed E-state index contributed by atoms with van der Waals surface area (Å²) in [6, 6.07) is 0. The number of methoxy groups -OCH3 is 1. The zero-order valence-corrected chi connectivity index (χ0v) is 13.8. The van der Waals surface area contributed by atoms with Crippen LogP contribution < -0.4 is 10.6 Å². The van der Waals surface area contributed by atoms with Crippen LogP contribution >= 0.6 is 0 Å². The monoisotopic (exact) mass is 283 g/mol. The van der Waals surface area contributed by atoms with Gasteiger partial charge in [0.05, 0.1) is 0 Å². The average molecular weight is 283 g/mol. The van der Waals surface area contributed by atoms with Crippen LogP contribution in [0.15, 0.2) is 4.99 Å². The predicted octanol–water partition coefficient (Wildman–Crippen LogP) is 2.79. The molecular formula is C16H33N3O. The van der Waals surface area contributed by atoms with Crippen LogP contribution in [0.1, 0.15) is 52.9 Å². The van der Waals surface area contributed by atoms with E-state index in [-0.39, 0.29) is 0 Å². The summed E-state index contributed by atoms with van der Waals surface area (Å²) in [5, 5.41) is 6.77. The summed E-state index contributed by atoms with van der Waals surface area (Å²) < 4.78 is 5.28. The Morgan fingerprint density at radius 2 is 1.95 bits per heavy atom. The fourth-order valence-corrected chi connectivity index (χ4v) is 2.82. The van der Waals surface area contributed by atoms with Gasteiger partial charge in [-0.2, -0.15) is 0 Å². The molecule has 0 radical (unpaired) electrons. The first-order valence-corrected chi connectivity index (χ1v) is 8.13. The Labute approximate surface area is 124 Å². The number of guanidine groups is 1. The molecule has 0 unspecified atom stereocenters. The van der Waals surface area contributed by atoms with Crippen LogP contribution in [0.2, 0.25) is 0 Å². The third-order valence-corrected chi connectivity index (χ3v) is 4.10. The van der Waals surface area contributed by atoms with Gasteiger partial charge in [0.25, 0.3) is 0 Å². The van der Waals surface area contributed by atoms with Crippen molar-refractivity contribution >= 4 is 5.96 Å². The van der Waals surface area contributed by atoms with Crippen LogP contribution in [0.25, 0.3) is 0 Å². The van der Waals surface area contributed by atoms with E-state index in [0.717, 1.165) is 38.6 Å². The van der Waals surface area contributed by atoms with Gasteiger partial charge >= 0.3 is 0 Å². The van der Waals surface area contributed by atoms with E-state index in [0.29, 0.717) is 11.3 Å². The van der Waals surface area contributed by atoms with Crippen LogP contribution in [0.4, 0.5) is 0 Å². The number of nitrogens with one attached hydrogen (secondary N) is 2. The molecule has 1 saturated carbocycles. The van der Waals surface area contributed by atoms with Gasteiger partial charge < -0.3 is 15.4 Å². The van der Waals surface area contributed by atoms with Crippen molar-refractivity contribution in [2.45, 2.75) is 52.9 Å². The molecule has 1 aliphatic carbocycles. The number of nitrogens with zero attached hydrogens (tertiary/aromatic N) is 1. The fourth-order valence-electron chi connectivity index (χ4n) is 2.82. The summed E-state index contributed by atoms with van der Waals surface area (Å²) in [6.45, 7) is 10.2. The standard InChI is InChI=1S/C16H33N3O/c1-5-17-15(18-12-14(2)3)19-13-16(10-11-20-4)8-6-7-9-16/h14H,5-13H2,1-4H3,(H2,17,18,19). The summed E-state index contributed by atoms with van der Waals surface area (Å²) in [5.74, 6) is 1.60. The minimum atomic E-state index is 0.371. The maximum Gasteiger partial charge on any atom is 0.191 e. The van der Waals surface area contributed by atoms with E-state index in [1.165, 1.54) is 25.7 Å². The van der Waals surface area contributed by atoms with Gasteiger partial charge in [-0.25, -0.2) is 0 Å². The molecular weight excluding hydrogens is 250 g/mol. The van der Waals surface area contributed by atoms with Crippen LogP contribution in [-0.4, -0.2) is 39.3 Å². The van der Waals surface area contributed by atoms with E-state index >= 15 is 0 Å². The average Bonchev–Trinajstić information content (AvgIpc) is 2.89. The maximum atomic E-state index is 5.28. The Kier molecular flexibility index (Phi) is 7.97.